The molecule has 1 aromatic rings. The number of carbonyl (C=O) groups is 1. The van der Waals surface area contributed by atoms with Gasteiger partial charge < -0.3 is 0 Å². The first-order valence-electron chi connectivity index (χ1n) is 5.06. The smallest absolute Gasteiger partial charge is 0.252 e. The Morgan fingerprint density at radius 1 is 1.41 bits per heavy atom. The molecular formula is C14H10FNO. The molecule has 0 saturated carbocycles. The van der Waals surface area contributed by atoms with Crippen molar-refractivity contribution in [3.05, 3.63) is 54.0 Å². The third-order valence-corrected chi connectivity index (χ3v) is 2.58. The minimum Gasteiger partial charge on any atom is -0.297 e. The summed E-state index contributed by atoms with van der Waals surface area (Å²) >= 11 is 0. The molecule has 84 valence electrons. The molecule has 0 spiro atoms. The van der Waals surface area contributed by atoms with E-state index in [0.717, 1.165) is 0 Å². The van der Waals surface area contributed by atoms with Crippen LogP contribution in [0.1, 0.15) is 5.56 Å². The van der Waals surface area contributed by atoms with Gasteiger partial charge >= 0.3 is 0 Å². The molecule has 0 atom stereocenters. The number of benzene rings is 1. The fourth-order valence-electron chi connectivity index (χ4n) is 1.74. The number of rotatable bonds is 2. The Labute approximate surface area is 99.1 Å². The standard InChI is InChI=1S/C14H10FNO/c1-3-8-16-10(2)12(9-14(16)17)11-6-4-5-7-13(11)15/h1,4-7,9H,2,8H2. The van der Waals surface area contributed by atoms with Crippen LogP contribution in [0.4, 0.5) is 4.39 Å². The summed E-state index contributed by atoms with van der Waals surface area (Å²) in [7, 11) is 0. The maximum absolute atomic E-state index is 13.6. The molecule has 0 saturated heterocycles. The zero-order valence-corrected chi connectivity index (χ0v) is 9.11. The van der Waals surface area contributed by atoms with Crippen molar-refractivity contribution >= 4 is 11.5 Å². The normalized spacial score (nSPS) is 14.8. The summed E-state index contributed by atoms with van der Waals surface area (Å²) in [5, 5.41) is 0. The first-order valence-corrected chi connectivity index (χ1v) is 5.06. The Balaban J connectivity index is 2.41. The van der Waals surface area contributed by atoms with E-state index in [0.29, 0.717) is 16.8 Å². The van der Waals surface area contributed by atoms with Gasteiger partial charge in [0.15, 0.2) is 0 Å². The molecule has 0 unspecified atom stereocenters. The van der Waals surface area contributed by atoms with E-state index in [1.165, 1.54) is 17.0 Å². The first kappa shape index (κ1) is 11.2. The summed E-state index contributed by atoms with van der Waals surface area (Å²) in [5.41, 5.74) is 1.30. The average molecular weight is 227 g/mol. The Hall–Kier alpha value is -2.34. The van der Waals surface area contributed by atoms with E-state index in [1.54, 1.807) is 18.2 Å². The molecule has 2 nitrogen and oxygen atoms in total. The van der Waals surface area contributed by atoms with Crippen LogP contribution in [0.2, 0.25) is 0 Å². The molecule has 3 heteroatoms. The van der Waals surface area contributed by atoms with Crippen LogP contribution in [0.3, 0.4) is 0 Å². The van der Waals surface area contributed by atoms with Gasteiger partial charge in [-0.15, -0.1) is 6.42 Å². The van der Waals surface area contributed by atoms with Crippen LogP contribution >= 0.6 is 0 Å². The summed E-state index contributed by atoms with van der Waals surface area (Å²) in [6, 6.07) is 6.26. The maximum atomic E-state index is 13.6. The highest BCUT2D eigenvalue weighted by atomic mass is 19.1. The SMILES string of the molecule is C#CCN1C(=C)C(c2ccccc2F)=CC1=O. The van der Waals surface area contributed by atoms with Crippen LogP contribution < -0.4 is 0 Å². The van der Waals surface area contributed by atoms with E-state index >= 15 is 0 Å². The van der Waals surface area contributed by atoms with Gasteiger partial charge in [-0.25, -0.2) is 4.39 Å². The number of carbonyl (C=O) groups excluding carboxylic acids is 1. The van der Waals surface area contributed by atoms with E-state index in [4.69, 9.17) is 6.42 Å². The molecular weight excluding hydrogens is 217 g/mol. The molecule has 0 bridgehead atoms. The third kappa shape index (κ3) is 1.85. The quantitative estimate of drug-likeness (QED) is 0.709. The number of halogens is 1. The van der Waals surface area contributed by atoms with Crippen molar-refractivity contribution in [3.63, 3.8) is 0 Å². The summed E-state index contributed by atoms with van der Waals surface area (Å²) in [5.74, 6) is 1.74. The molecule has 0 N–H and O–H groups in total. The van der Waals surface area contributed by atoms with Crippen LogP contribution in [0.15, 0.2) is 42.6 Å². The highest BCUT2D eigenvalue weighted by molar-refractivity contribution is 6.06. The largest absolute Gasteiger partial charge is 0.297 e. The van der Waals surface area contributed by atoms with Gasteiger partial charge in [-0.2, -0.15) is 0 Å². The maximum Gasteiger partial charge on any atom is 0.252 e. The van der Waals surface area contributed by atoms with Crippen molar-refractivity contribution in [1.29, 1.82) is 0 Å². The molecule has 1 aliphatic rings. The molecule has 1 aromatic carbocycles. The topological polar surface area (TPSA) is 20.3 Å². The van der Waals surface area contributed by atoms with Crippen molar-refractivity contribution < 1.29 is 9.18 Å². The number of amides is 1. The monoisotopic (exact) mass is 227 g/mol. The lowest BCUT2D eigenvalue weighted by Gasteiger charge is -2.15. The Bertz CT molecular complexity index is 566. The number of nitrogens with zero attached hydrogens (tertiary/aromatic N) is 1. The van der Waals surface area contributed by atoms with Crippen molar-refractivity contribution in [3.8, 4) is 12.3 Å². The van der Waals surface area contributed by atoms with Crippen molar-refractivity contribution in [1.82, 2.24) is 4.90 Å². The van der Waals surface area contributed by atoms with E-state index in [1.807, 2.05) is 0 Å². The lowest BCUT2D eigenvalue weighted by molar-refractivity contribution is -0.122. The van der Waals surface area contributed by atoms with Gasteiger partial charge in [0.1, 0.15) is 5.82 Å². The molecule has 0 aromatic heterocycles. The zero-order chi connectivity index (χ0) is 12.4. The number of allylic oxidation sites excluding steroid dienone is 1. The second kappa shape index (κ2) is 4.26. The zero-order valence-electron chi connectivity index (χ0n) is 9.11. The van der Waals surface area contributed by atoms with Crippen LogP contribution in [-0.4, -0.2) is 17.4 Å². The minimum absolute atomic E-state index is 0.145. The number of hydrogen-bond acceptors (Lipinski definition) is 1. The highest BCUT2D eigenvalue weighted by Gasteiger charge is 2.27. The van der Waals surface area contributed by atoms with Crippen LogP contribution in [0.25, 0.3) is 5.57 Å². The molecule has 1 heterocycles. The predicted octanol–water partition coefficient (Wildman–Crippen LogP) is 2.20. The van der Waals surface area contributed by atoms with Crippen LogP contribution in [0.5, 0.6) is 0 Å². The van der Waals surface area contributed by atoms with Gasteiger partial charge in [-0.1, -0.05) is 30.7 Å². The Morgan fingerprint density at radius 3 is 2.76 bits per heavy atom. The average Bonchev–Trinajstić information content (AvgIpc) is 2.58. The van der Waals surface area contributed by atoms with E-state index in [2.05, 4.69) is 12.5 Å². The van der Waals surface area contributed by atoms with Crippen LogP contribution in [-0.2, 0) is 4.79 Å². The van der Waals surface area contributed by atoms with Crippen molar-refractivity contribution in [2.24, 2.45) is 0 Å². The fourth-order valence-corrected chi connectivity index (χ4v) is 1.74. The van der Waals surface area contributed by atoms with Gasteiger partial charge in [0, 0.05) is 22.9 Å². The fraction of sp³-hybridized carbons (Fsp3) is 0.0714. The predicted molar refractivity (Wildman–Crippen MR) is 64.1 cm³/mol. The molecule has 0 aliphatic carbocycles. The molecule has 17 heavy (non-hydrogen) atoms. The summed E-state index contributed by atoms with van der Waals surface area (Å²) in [4.78, 5) is 13.0. The summed E-state index contributed by atoms with van der Waals surface area (Å²) < 4.78 is 13.6. The van der Waals surface area contributed by atoms with Gasteiger partial charge in [0.25, 0.3) is 5.91 Å². The molecule has 0 fully saturated rings. The minimum atomic E-state index is -0.379. The number of terminal acetylenes is 1. The van der Waals surface area contributed by atoms with Gasteiger partial charge in [-0.3, -0.25) is 9.69 Å². The lowest BCUT2D eigenvalue weighted by Crippen LogP contribution is -2.24. The molecule has 1 amide bonds. The Kier molecular flexibility index (Phi) is 2.80. The summed E-state index contributed by atoms with van der Waals surface area (Å²) in [6.07, 6.45) is 6.52. The second-order valence-electron chi connectivity index (χ2n) is 3.61. The summed E-state index contributed by atoms with van der Waals surface area (Å²) in [6.45, 7) is 3.92. The first-order chi connectivity index (χ1) is 8.15. The van der Waals surface area contributed by atoms with E-state index < -0.39 is 0 Å². The second-order valence-corrected chi connectivity index (χ2v) is 3.61. The molecule has 2 rings (SSSR count). The van der Waals surface area contributed by atoms with Gasteiger partial charge in [0.05, 0.1) is 6.54 Å². The van der Waals surface area contributed by atoms with Gasteiger partial charge in [0.2, 0.25) is 0 Å². The lowest BCUT2D eigenvalue weighted by atomic mass is 10.0. The van der Waals surface area contributed by atoms with Crippen LogP contribution in [0, 0.1) is 18.2 Å². The van der Waals surface area contributed by atoms with Gasteiger partial charge in [-0.05, 0) is 6.07 Å². The molecule has 1 aliphatic heterocycles. The Morgan fingerprint density at radius 2 is 2.12 bits per heavy atom. The van der Waals surface area contributed by atoms with E-state index in [9.17, 15) is 9.18 Å². The highest BCUT2D eigenvalue weighted by Crippen LogP contribution is 2.31. The van der Waals surface area contributed by atoms with E-state index in [-0.39, 0.29) is 18.3 Å². The van der Waals surface area contributed by atoms with Crippen molar-refractivity contribution in [2.75, 3.05) is 6.54 Å². The molecule has 0 radical (unpaired) electrons. The number of hydrogen-bond donors (Lipinski definition) is 0. The van der Waals surface area contributed by atoms with Crippen molar-refractivity contribution in [2.45, 2.75) is 0 Å². The third-order valence-electron chi connectivity index (χ3n) is 2.58.